The minimum absolute atomic E-state index is 0.471. The molecule has 1 aliphatic rings. The van der Waals surface area contributed by atoms with Gasteiger partial charge in [0.25, 0.3) is 0 Å². The Morgan fingerprint density at radius 1 is 1.38 bits per heavy atom. The van der Waals surface area contributed by atoms with Gasteiger partial charge in [-0.2, -0.15) is 0 Å². The summed E-state index contributed by atoms with van der Waals surface area (Å²) in [6.07, 6.45) is 0.471. The fourth-order valence-electron chi connectivity index (χ4n) is 1.60. The van der Waals surface area contributed by atoms with Crippen LogP contribution in [0.1, 0.15) is 5.56 Å². The Balaban J connectivity index is 1.54. The number of hydrogen-bond donors (Lipinski definition) is 0. The number of benzene rings is 1. The summed E-state index contributed by atoms with van der Waals surface area (Å²) in [5.41, 5.74) is 1.23. The van der Waals surface area contributed by atoms with Gasteiger partial charge in [0.05, 0.1) is 25.9 Å². The minimum Gasteiger partial charge on any atom is -0.375 e. The average molecular weight is 221 g/mol. The van der Waals surface area contributed by atoms with Crippen molar-refractivity contribution in [1.29, 1.82) is 0 Å². The van der Waals surface area contributed by atoms with Crippen molar-refractivity contribution in [3.8, 4) is 0 Å². The second-order valence-corrected chi connectivity index (χ2v) is 4.26. The van der Waals surface area contributed by atoms with Gasteiger partial charge in [0.2, 0.25) is 0 Å². The van der Waals surface area contributed by atoms with Gasteiger partial charge in [-0.05, 0) is 12.6 Å². The summed E-state index contributed by atoms with van der Waals surface area (Å²) in [5.74, 6) is 0. The van der Waals surface area contributed by atoms with Crippen LogP contribution in [0.25, 0.3) is 0 Å². The molecule has 0 bridgehead atoms. The molecule has 1 aromatic carbocycles. The van der Waals surface area contributed by atoms with E-state index in [1.807, 2.05) is 18.2 Å². The number of nitrogens with zero attached hydrogens (tertiary/aromatic N) is 1. The van der Waals surface area contributed by atoms with E-state index in [0.29, 0.717) is 12.7 Å². The van der Waals surface area contributed by atoms with Crippen LogP contribution in [0.2, 0.25) is 0 Å². The van der Waals surface area contributed by atoms with Crippen molar-refractivity contribution < 1.29 is 9.47 Å². The zero-order valence-corrected chi connectivity index (χ0v) is 9.76. The van der Waals surface area contributed by atoms with E-state index in [0.717, 1.165) is 26.3 Å². The van der Waals surface area contributed by atoms with E-state index in [1.165, 1.54) is 5.56 Å². The summed E-state index contributed by atoms with van der Waals surface area (Å²) >= 11 is 0. The third-order valence-corrected chi connectivity index (χ3v) is 2.65. The summed E-state index contributed by atoms with van der Waals surface area (Å²) in [4.78, 5) is 2.25. The van der Waals surface area contributed by atoms with E-state index in [1.54, 1.807) is 0 Å². The molecule has 3 heteroatoms. The first-order chi connectivity index (χ1) is 7.84. The number of ether oxygens (including phenoxy) is 2. The third-order valence-electron chi connectivity index (χ3n) is 2.65. The van der Waals surface area contributed by atoms with Crippen LogP contribution < -0.4 is 0 Å². The van der Waals surface area contributed by atoms with Crippen molar-refractivity contribution in [2.75, 3.05) is 33.4 Å². The average Bonchev–Trinajstić information content (AvgIpc) is 3.10. The van der Waals surface area contributed by atoms with Crippen molar-refractivity contribution >= 4 is 0 Å². The maximum Gasteiger partial charge on any atom is 0.0936 e. The van der Waals surface area contributed by atoms with Gasteiger partial charge in [0.15, 0.2) is 0 Å². The fourth-order valence-corrected chi connectivity index (χ4v) is 1.60. The van der Waals surface area contributed by atoms with E-state index in [4.69, 9.17) is 9.47 Å². The van der Waals surface area contributed by atoms with E-state index < -0.39 is 0 Å². The molecule has 0 amide bonds. The summed E-state index contributed by atoms with van der Waals surface area (Å²) in [5, 5.41) is 0. The van der Waals surface area contributed by atoms with Gasteiger partial charge in [0.1, 0.15) is 0 Å². The molecule has 1 aromatic rings. The van der Waals surface area contributed by atoms with E-state index in [9.17, 15) is 0 Å². The van der Waals surface area contributed by atoms with Gasteiger partial charge in [-0.25, -0.2) is 0 Å². The lowest BCUT2D eigenvalue weighted by Crippen LogP contribution is -2.27. The molecule has 2 rings (SSSR count). The third kappa shape index (κ3) is 4.31. The molecule has 0 saturated carbocycles. The zero-order chi connectivity index (χ0) is 11.2. The smallest absolute Gasteiger partial charge is 0.0936 e. The summed E-state index contributed by atoms with van der Waals surface area (Å²) in [7, 11) is 2.10. The second-order valence-electron chi connectivity index (χ2n) is 4.26. The molecular formula is C13H19NO2. The van der Waals surface area contributed by atoms with Gasteiger partial charge in [-0.1, -0.05) is 30.3 Å². The molecule has 0 unspecified atom stereocenters. The zero-order valence-electron chi connectivity index (χ0n) is 9.76. The van der Waals surface area contributed by atoms with Crippen LogP contribution in [-0.4, -0.2) is 44.4 Å². The van der Waals surface area contributed by atoms with Crippen LogP contribution in [-0.2, 0) is 16.1 Å². The Morgan fingerprint density at radius 2 is 2.12 bits per heavy atom. The van der Waals surface area contributed by atoms with E-state index in [2.05, 4.69) is 24.1 Å². The molecule has 1 saturated heterocycles. The topological polar surface area (TPSA) is 25.0 Å². The van der Waals surface area contributed by atoms with E-state index in [-0.39, 0.29) is 0 Å². The summed E-state index contributed by atoms with van der Waals surface area (Å²) < 4.78 is 10.8. The Labute approximate surface area is 97.0 Å². The summed E-state index contributed by atoms with van der Waals surface area (Å²) in [6.45, 7) is 4.39. The summed E-state index contributed by atoms with van der Waals surface area (Å²) in [6, 6.07) is 10.3. The number of hydrogen-bond acceptors (Lipinski definition) is 3. The quantitative estimate of drug-likeness (QED) is 0.516. The highest BCUT2D eigenvalue weighted by Gasteiger charge is 2.23. The lowest BCUT2D eigenvalue weighted by atomic mass is 10.2. The Morgan fingerprint density at radius 3 is 2.81 bits per heavy atom. The lowest BCUT2D eigenvalue weighted by Gasteiger charge is -2.14. The number of likely N-dealkylation sites (N-methyl/N-ethyl adjacent to an activating group) is 1. The SMILES string of the molecule is CN(CCOCc1ccccc1)C[C@H]1CO1. The molecule has 1 atom stereocenters. The molecule has 0 radical (unpaired) electrons. The van der Waals surface area contributed by atoms with Crippen molar-refractivity contribution in [2.45, 2.75) is 12.7 Å². The van der Waals surface area contributed by atoms with Crippen molar-refractivity contribution in [2.24, 2.45) is 0 Å². The van der Waals surface area contributed by atoms with Gasteiger partial charge < -0.3 is 14.4 Å². The molecule has 3 nitrogen and oxygen atoms in total. The van der Waals surface area contributed by atoms with Crippen LogP contribution in [0.15, 0.2) is 30.3 Å². The van der Waals surface area contributed by atoms with Crippen LogP contribution in [0.4, 0.5) is 0 Å². The van der Waals surface area contributed by atoms with Gasteiger partial charge in [-0.3, -0.25) is 0 Å². The highest BCUT2D eigenvalue weighted by atomic mass is 16.6. The highest BCUT2D eigenvalue weighted by Crippen LogP contribution is 2.09. The largest absolute Gasteiger partial charge is 0.375 e. The molecule has 1 aliphatic heterocycles. The standard InChI is InChI=1S/C13H19NO2/c1-14(9-13-11-16-13)7-8-15-10-12-5-3-2-4-6-12/h2-6,13H,7-11H2,1H3/t13-/m0/s1. The maximum atomic E-state index is 5.61. The first-order valence-electron chi connectivity index (χ1n) is 5.76. The molecule has 1 heterocycles. The van der Waals surface area contributed by atoms with Crippen molar-refractivity contribution in [1.82, 2.24) is 4.90 Å². The first-order valence-corrected chi connectivity index (χ1v) is 5.76. The van der Waals surface area contributed by atoms with Gasteiger partial charge in [-0.15, -0.1) is 0 Å². The van der Waals surface area contributed by atoms with Crippen LogP contribution in [0, 0.1) is 0 Å². The molecular weight excluding hydrogens is 202 g/mol. The molecule has 1 fully saturated rings. The molecule has 0 spiro atoms. The Kier molecular flexibility index (Phi) is 4.34. The van der Waals surface area contributed by atoms with Crippen LogP contribution in [0.3, 0.4) is 0 Å². The molecule has 0 N–H and O–H groups in total. The predicted molar refractivity (Wildman–Crippen MR) is 63.3 cm³/mol. The van der Waals surface area contributed by atoms with Crippen molar-refractivity contribution in [3.63, 3.8) is 0 Å². The Hall–Kier alpha value is -0.900. The normalized spacial score (nSPS) is 19.0. The predicted octanol–water partition coefficient (Wildman–Crippen LogP) is 1.53. The Bertz CT molecular complexity index is 298. The monoisotopic (exact) mass is 221 g/mol. The van der Waals surface area contributed by atoms with Crippen LogP contribution >= 0.6 is 0 Å². The molecule has 16 heavy (non-hydrogen) atoms. The first kappa shape index (κ1) is 11.6. The fraction of sp³-hybridized carbons (Fsp3) is 0.538. The van der Waals surface area contributed by atoms with Gasteiger partial charge >= 0.3 is 0 Å². The molecule has 0 aliphatic carbocycles. The number of rotatable bonds is 7. The number of epoxide rings is 1. The minimum atomic E-state index is 0.471. The lowest BCUT2D eigenvalue weighted by molar-refractivity contribution is 0.0977. The second kappa shape index (κ2) is 5.99. The molecule has 0 aromatic heterocycles. The van der Waals surface area contributed by atoms with Crippen molar-refractivity contribution in [3.05, 3.63) is 35.9 Å². The van der Waals surface area contributed by atoms with E-state index >= 15 is 0 Å². The molecule has 88 valence electrons. The van der Waals surface area contributed by atoms with Gasteiger partial charge in [0, 0.05) is 13.1 Å². The highest BCUT2D eigenvalue weighted by molar-refractivity contribution is 5.13. The van der Waals surface area contributed by atoms with Crippen LogP contribution in [0.5, 0.6) is 0 Å². The maximum absolute atomic E-state index is 5.61.